The van der Waals surface area contributed by atoms with Gasteiger partial charge in [-0.3, -0.25) is 10.2 Å². The summed E-state index contributed by atoms with van der Waals surface area (Å²) in [5, 5.41) is 15.6. The number of hydrogen-bond donors (Lipinski definition) is 1. The molecule has 2 aliphatic rings. The maximum Gasteiger partial charge on any atom is 0.339 e. The molecule has 5 rings (SSSR count). The van der Waals surface area contributed by atoms with Gasteiger partial charge in [-0.05, 0) is 62.0 Å². The fraction of sp³-hybridized carbons (Fsp3) is 0.0769. The van der Waals surface area contributed by atoms with E-state index in [1.54, 1.807) is 12.1 Å². The predicted molar refractivity (Wildman–Crippen MR) is 146 cm³/mol. The zero-order valence-corrected chi connectivity index (χ0v) is 22.0. The van der Waals surface area contributed by atoms with Crippen molar-refractivity contribution >= 4 is 61.5 Å². The second-order valence-corrected chi connectivity index (χ2v) is 11.3. The molecule has 1 amide bonds. The molecule has 0 saturated heterocycles. The smallest absolute Gasteiger partial charge is 0.339 e. The normalized spacial score (nSPS) is 16.5. The van der Waals surface area contributed by atoms with Crippen LogP contribution < -0.4 is 4.18 Å². The van der Waals surface area contributed by atoms with Gasteiger partial charge in [0.2, 0.25) is 5.17 Å². The van der Waals surface area contributed by atoms with Crippen molar-refractivity contribution in [2.24, 2.45) is 10.1 Å². The number of fused-ring (bicyclic) bond motifs is 1. The molecule has 37 heavy (non-hydrogen) atoms. The van der Waals surface area contributed by atoms with E-state index < -0.39 is 16.0 Å². The van der Waals surface area contributed by atoms with E-state index in [1.807, 2.05) is 38.1 Å². The summed E-state index contributed by atoms with van der Waals surface area (Å²) in [5.74, 6) is -0.902. The summed E-state index contributed by atoms with van der Waals surface area (Å²) in [6, 6.07) is 18.3. The van der Waals surface area contributed by atoms with Crippen molar-refractivity contribution in [2.45, 2.75) is 18.7 Å². The van der Waals surface area contributed by atoms with E-state index >= 15 is 0 Å². The second-order valence-electron chi connectivity index (χ2n) is 8.32. The molecule has 11 heteroatoms. The molecule has 0 bridgehead atoms. The highest BCUT2D eigenvalue weighted by atomic mass is 35.5. The molecule has 2 heterocycles. The number of carbonyl (C=O) groups is 1. The van der Waals surface area contributed by atoms with Crippen LogP contribution in [0, 0.1) is 19.3 Å². The topological polar surface area (TPSA) is 112 Å². The highest BCUT2D eigenvalue weighted by Gasteiger charge is 2.36. The predicted octanol–water partition coefficient (Wildman–Crippen LogP) is 5.39. The maximum absolute atomic E-state index is 12.9. The highest BCUT2D eigenvalue weighted by Crippen LogP contribution is 2.33. The number of nitrogens with one attached hydrogen (secondary N) is 1. The molecule has 0 aromatic heterocycles. The monoisotopic (exact) mass is 550 g/mol. The third-order valence-electron chi connectivity index (χ3n) is 5.53. The summed E-state index contributed by atoms with van der Waals surface area (Å²) in [6.45, 7) is 3.82. The van der Waals surface area contributed by atoms with Crippen molar-refractivity contribution in [3.8, 4) is 5.75 Å². The van der Waals surface area contributed by atoms with Gasteiger partial charge in [0, 0.05) is 16.1 Å². The van der Waals surface area contributed by atoms with Crippen LogP contribution in [0.5, 0.6) is 5.75 Å². The Balaban J connectivity index is 1.49. The van der Waals surface area contributed by atoms with Crippen LogP contribution in [0.25, 0.3) is 6.08 Å². The van der Waals surface area contributed by atoms with Gasteiger partial charge in [-0.15, -0.1) is 0 Å². The molecule has 2 aliphatic heterocycles. The molecule has 0 fully saturated rings. The van der Waals surface area contributed by atoms with Crippen molar-refractivity contribution in [2.75, 3.05) is 0 Å². The van der Waals surface area contributed by atoms with Crippen molar-refractivity contribution in [3.63, 3.8) is 0 Å². The molecular weight excluding hydrogens is 532 g/mol. The Hall–Kier alpha value is -3.73. The minimum Gasteiger partial charge on any atom is -0.378 e. The number of nitrogens with zero attached hydrogens (tertiary/aromatic N) is 3. The molecule has 3 aromatic carbocycles. The van der Waals surface area contributed by atoms with Crippen LogP contribution in [0.4, 0.5) is 0 Å². The fourth-order valence-electron chi connectivity index (χ4n) is 3.54. The Morgan fingerprint density at radius 2 is 1.65 bits per heavy atom. The van der Waals surface area contributed by atoms with Crippen LogP contribution in [0.3, 0.4) is 0 Å². The average molecular weight is 551 g/mol. The van der Waals surface area contributed by atoms with Gasteiger partial charge in [0.25, 0.3) is 5.91 Å². The number of aliphatic imine (C=N–C) groups is 1. The third-order valence-corrected chi connectivity index (χ3v) is 7.97. The number of hydrogen-bond acceptors (Lipinski definition) is 7. The van der Waals surface area contributed by atoms with Crippen LogP contribution >= 0.6 is 23.4 Å². The van der Waals surface area contributed by atoms with Crippen LogP contribution in [0.1, 0.15) is 22.3 Å². The lowest BCUT2D eigenvalue weighted by Gasteiger charge is -2.20. The molecule has 3 aromatic rings. The number of rotatable bonds is 5. The van der Waals surface area contributed by atoms with Crippen molar-refractivity contribution in [1.82, 2.24) is 5.01 Å². The summed E-state index contributed by atoms with van der Waals surface area (Å²) < 4.78 is 31.2. The number of thioether (sulfide) groups is 1. The largest absolute Gasteiger partial charge is 0.378 e. The molecule has 0 saturated carbocycles. The Morgan fingerprint density at radius 3 is 2.32 bits per heavy atom. The van der Waals surface area contributed by atoms with Gasteiger partial charge >= 0.3 is 10.1 Å². The van der Waals surface area contributed by atoms with Gasteiger partial charge in [0.05, 0.1) is 5.57 Å². The van der Waals surface area contributed by atoms with Crippen molar-refractivity contribution in [1.29, 1.82) is 5.41 Å². The molecular formula is C26H19ClN4O4S2. The Morgan fingerprint density at radius 1 is 1.00 bits per heavy atom. The first-order chi connectivity index (χ1) is 17.6. The van der Waals surface area contributed by atoms with E-state index in [9.17, 15) is 13.2 Å². The number of carbonyl (C=O) groups excluding carboxylic acids is 1. The highest BCUT2D eigenvalue weighted by molar-refractivity contribution is 8.27. The first-order valence-electron chi connectivity index (χ1n) is 11.0. The molecule has 186 valence electrons. The number of amidine groups is 2. The zero-order chi connectivity index (χ0) is 26.3. The molecule has 1 N–H and O–H groups in total. The van der Waals surface area contributed by atoms with E-state index in [1.165, 1.54) is 53.2 Å². The lowest BCUT2D eigenvalue weighted by atomic mass is 10.1. The molecule has 0 unspecified atom stereocenters. The second kappa shape index (κ2) is 9.62. The minimum atomic E-state index is -4.16. The maximum atomic E-state index is 12.9. The van der Waals surface area contributed by atoms with E-state index in [2.05, 4.69) is 10.1 Å². The molecule has 8 nitrogen and oxygen atoms in total. The molecule has 0 spiro atoms. The lowest BCUT2D eigenvalue weighted by molar-refractivity contribution is -0.114. The number of benzene rings is 3. The van der Waals surface area contributed by atoms with E-state index in [0.717, 1.165) is 16.7 Å². The quantitative estimate of drug-likeness (QED) is 0.336. The van der Waals surface area contributed by atoms with Gasteiger partial charge in [-0.25, -0.2) is 0 Å². The number of amides is 1. The molecule has 0 atom stereocenters. The number of aryl methyl sites for hydroxylation is 2. The van der Waals surface area contributed by atoms with Gasteiger partial charge < -0.3 is 4.18 Å². The summed E-state index contributed by atoms with van der Waals surface area (Å²) in [7, 11) is -4.16. The summed E-state index contributed by atoms with van der Waals surface area (Å²) in [4.78, 5) is 17.0. The van der Waals surface area contributed by atoms with Gasteiger partial charge in [0.15, 0.2) is 5.84 Å². The Bertz CT molecular complexity index is 1640. The Kier molecular flexibility index (Phi) is 6.49. The fourth-order valence-corrected chi connectivity index (χ4v) is 5.57. The van der Waals surface area contributed by atoms with Crippen molar-refractivity contribution < 1.29 is 17.4 Å². The van der Waals surface area contributed by atoms with Crippen molar-refractivity contribution in [3.05, 3.63) is 99.6 Å². The Labute approximate surface area is 223 Å². The number of halogens is 1. The van der Waals surface area contributed by atoms with Crippen LogP contribution in [-0.2, 0) is 14.9 Å². The zero-order valence-electron chi connectivity index (χ0n) is 19.6. The van der Waals surface area contributed by atoms with E-state index in [-0.39, 0.29) is 32.8 Å². The van der Waals surface area contributed by atoms with E-state index in [0.29, 0.717) is 10.1 Å². The first-order valence-corrected chi connectivity index (χ1v) is 13.6. The standard InChI is InChI=1S/C26H19ClN4O4S2/c1-15-3-7-17(8-4-15)25-30-31-23(28)21(24(32)29-26(31)36-25)14-18-13-19(27)9-12-22(18)35-37(33,34)20-10-5-16(2)6-11-20/h3-14,28H,1-2H3/b21-14-,28-23?. The summed E-state index contributed by atoms with van der Waals surface area (Å²) in [5.41, 5.74) is 2.95. The summed E-state index contributed by atoms with van der Waals surface area (Å²) >= 11 is 7.36. The van der Waals surface area contributed by atoms with Crippen LogP contribution in [0.15, 0.2) is 87.3 Å². The van der Waals surface area contributed by atoms with Gasteiger partial charge in [-0.1, -0.05) is 59.1 Å². The lowest BCUT2D eigenvalue weighted by Crippen LogP contribution is -2.35. The summed E-state index contributed by atoms with van der Waals surface area (Å²) in [6.07, 6.45) is 1.33. The van der Waals surface area contributed by atoms with E-state index in [4.69, 9.17) is 21.2 Å². The van der Waals surface area contributed by atoms with Gasteiger partial charge in [0.1, 0.15) is 15.7 Å². The minimum absolute atomic E-state index is 0.0190. The average Bonchev–Trinajstić information content (AvgIpc) is 3.28. The first kappa shape index (κ1) is 24.9. The van der Waals surface area contributed by atoms with Crippen LogP contribution in [-0.4, -0.2) is 35.4 Å². The third kappa shape index (κ3) is 5.08. The molecule has 0 radical (unpaired) electrons. The van der Waals surface area contributed by atoms with Crippen LogP contribution in [0.2, 0.25) is 5.02 Å². The molecule has 0 aliphatic carbocycles. The SMILES string of the molecule is Cc1ccc(C2=NN3C(=N)/C(=C/c4cc(Cl)ccc4OS(=O)(=O)c4ccc(C)cc4)C(=O)N=C3S2)cc1. The number of hydrazone groups is 1. The van der Waals surface area contributed by atoms with Gasteiger partial charge in [-0.2, -0.15) is 23.5 Å².